The first-order chi connectivity index (χ1) is 7.48. The molecule has 1 aromatic carbocycles. The van der Waals surface area contributed by atoms with Crippen molar-refractivity contribution in [2.24, 2.45) is 0 Å². The third-order valence-electron chi connectivity index (χ3n) is 2.64. The van der Waals surface area contributed by atoms with Crippen LogP contribution in [0.5, 0.6) is 0 Å². The molecule has 0 bridgehead atoms. The molecule has 0 aliphatic carbocycles. The molecule has 0 aliphatic heterocycles. The van der Waals surface area contributed by atoms with Gasteiger partial charge < -0.3 is 5.32 Å². The van der Waals surface area contributed by atoms with Gasteiger partial charge in [-0.05, 0) is 44.9 Å². The number of nitrogens with zero attached hydrogens (tertiary/aromatic N) is 1. The van der Waals surface area contributed by atoms with Crippen molar-refractivity contribution in [2.75, 3.05) is 5.32 Å². The molecule has 1 aromatic rings. The van der Waals surface area contributed by atoms with E-state index in [-0.39, 0.29) is 5.54 Å². The average molecular weight is 216 g/mol. The summed E-state index contributed by atoms with van der Waals surface area (Å²) in [7, 11) is 0. The molecule has 2 nitrogen and oxygen atoms in total. The lowest BCUT2D eigenvalue weighted by atomic mass is 9.97. The zero-order valence-electron chi connectivity index (χ0n) is 10.6. The first-order valence-electron chi connectivity index (χ1n) is 5.77. The van der Waals surface area contributed by atoms with Crippen LogP contribution in [0, 0.1) is 18.3 Å². The summed E-state index contributed by atoms with van der Waals surface area (Å²) in [6.45, 7) is 8.55. The standard InChI is InChI=1S/C14H20N2/c1-5-8-14(3,4)16-13-9-11(2)6-7-12(13)10-15/h6-7,9,16H,5,8H2,1-4H3. The van der Waals surface area contributed by atoms with Crippen LogP contribution in [0.25, 0.3) is 0 Å². The van der Waals surface area contributed by atoms with Crippen LogP contribution in [0.2, 0.25) is 0 Å². The van der Waals surface area contributed by atoms with Crippen molar-refractivity contribution in [3.8, 4) is 6.07 Å². The molecular weight excluding hydrogens is 196 g/mol. The summed E-state index contributed by atoms with van der Waals surface area (Å²) >= 11 is 0. The van der Waals surface area contributed by atoms with E-state index in [1.54, 1.807) is 0 Å². The summed E-state index contributed by atoms with van der Waals surface area (Å²) in [5.74, 6) is 0. The van der Waals surface area contributed by atoms with Gasteiger partial charge in [0.15, 0.2) is 0 Å². The van der Waals surface area contributed by atoms with E-state index in [1.165, 1.54) is 5.56 Å². The molecule has 2 heteroatoms. The van der Waals surface area contributed by atoms with Crippen LogP contribution >= 0.6 is 0 Å². The number of hydrogen-bond acceptors (Lipinski definition) is 2. The summed E-state index contributed by atoms with van der Waals surface area (Å²) in [5, 5.41) is 12.5. The van der Waals surface area contributed by atoms with Gasteiger partial charge in [-0.1, -0.05) is 19.4 Å². The molecule has 0 aliphatic rings. The fraction of sp³-hybridized carbons (Fsp3) is 0.500. The summed E-state index contributed by atoms with van der Waals surface area (Å²) in [6.07, 6.45) is 2.22. The molecule has 0 radical (unpaired) electrons. The predicted octanol–water partition coefficient (Wildman–Crippen LogP) is 3.86. The highest BCUT2D eigenvalue weighted by molar-refractivity contribution is 5.59. The Labute approximate surface area is 98.3 Å². The SMILES string of the molecule is CCCC(C)(C)Nc1cc(C)ccc1C#N. The Morgan fingerprint density at radius 1 is 1.38 bits per heavy atom. The lowest BCUT2D eigenvalue weighted by Gasteiger charge is -2.27. The molecule has 16 heavy (non-hydrogen) atoms. The summed E-state index contributed by atoms with van der Waals surface area (Å²) < 4.78 is 0. The van der Waals surface area contributed by atoms with Crippen molar-refractivity contribution in [3.05, 3.63) is 29.3 Å². The lowest BCUT2D eigenvalue weighted by molar-refractivity contribution is 0.511. The van der Waals surface area contributed by atoms with Crippen LogP contribution in [0.3, 0.4) is 0 Å². The zero-order valence-corrected chi connectivity index (χ0v) is 10.6. The van der Waals surface area contributed by atoms with E-state index in [4.69, 9.17) is 5.26 Å². The number of rotatable bonds is 4. The summed E-state index contributed by atoms with van der Waals surface area (Å²) in [5.41, 5.74) is 2.87. The second-order valence-electron chi connectivity index (χ2n) is 4.92. The van der Waals surface area contributed by atoms with Gasteiger partial charge in [0, 0.05) is 5.54 Å². The normalized spacial score (nSPS) is 10.9. The minimum Gasteiger partial charge on any atom is -0.379 e. The fourth-order valence-electron chi connectivity index (χ4n) is 1.91. The third kappa shape index (κ3) is 3.27. The Hall–Kier alpha value is -1.49. The van der Waals surface area contributed by atoms with Crippen LogP contribution in [-0.2, 0) is 0 Å². The summed E-state index contributed by atoms with van der Waals surface area (Å²) in [4.78, 5) is 0. The fourth-order valence-corrected chi connectivity index (χ4v) is 1.91. The molecule has 0 atom stereocenters. The quantitative estimate of drug-likeness (QED) is 0.829. The van der Waals surface area contributed by atoms with Crippen LogP contribution in [-0.4, -0.2) is 5.54 Å². The van der Waals surface area contributed by atoms with Gasteiger partial charge in [0.2, 0.25) is 0 Å². The minimum atomic E-state index is 0.0359. The van der Waals surface area contributed by atoms with Gasteiger partial charge in [0.25, 0.3) is 0 Å². The van der Waals surface area contributed by atoms with Crippen molar-refractivity contribution in [2.45, 2.75) is 46.1 Å². The van der Waals surface area contributed by atoms with Gasteiger partial charge in [0.05, 0.1) is 11.3 Å². The second kappa shape index (κ2) is 5.03. The highest BCUT2D eigenvalue weighted by Gasteiger charge is 2.17. The third-order valence-corrected chi connectivity index (χ3v) is 2.64. The number of benzene rings is 1. The molecule has 0 fully saturated rings. The molecule has 1 rings (SSSR count). The maximum absolute atomic E-state index is 9.05. The number of hydrogen-bond donors (Lipinski definition) is 1. The molecular formula is C14H20N2. The Balaban J connectivity index is 2.96. The second-order valence-corrected chi connectivity index (χ2v) is 4.92. The monoisotopic (exact) mass is 216 g/mol. The van der Waals surface area contributed by atoms with Crippen molar-refractivity contribution >= 4 is 5.69 Å². The predicted molar refractivity (Wildman–Crippen MR) is 68.5 cm³/mol. The Kier molecular flexibility index (Phi) is 3.95. The van der Waals surface area contributed by atoms with Crippen LogP contribution in [0.1, 0.15) is 44.7 Å². The van der Waals surface area contributed by atoms with Gasteiger partial charge >= 0.3 is 0 Å². The van der Waals surface area contributed by atoms with E-state index in [2.05, 4.69) is 32.2 Å². The molecule has 0 heterocycles. The molecule has 0 spiro atoms. The van der Waals surface area contributed by atoms with Gasteiger partial charge in [0.1, 0.15) is 6.07 Å². The van der Waals surface area contributed by atoms with E-state index >= 15 is 0 Å². The Morgan fingerprint density at radius 3 is 2.62 bits per heavy atom. The highest BCUT2D eigenvalue weighted by atomic mass is 15.0. The van der Waals surface area contributed by atoms with Crippen molar-refractivity contribution in [1.82, 2.24) is 0 Å². The van der Waals surface area contributed by atoms with Gasteiger partial charge in [-0.15, -0.1) is 0 Å². The summed E-state index contributed by atoms with van der Waals surface area (Å²) in [6, 6.07) is 8.11. The minimum absolute atomic E-state index is 0.0359. The van der Waals surface area contributed by atoms with Gasteiger partial charge in [-0.3, -0.25) is 0 Å². The number of nitrogens with one attached hydrogen (secondary N) is 1. The first-order valence-corrected chi connectivity index (χ1v) is 5.77. The molecule has 0 unspecified atom stereocenters. The number of nitriles is 1. The van der Waals surface area contributed by atoms with Gasteiger partial charge in [-0.25, -0.2) is 0 Å². The molecule has 86 valence electrons. The van der Waals surface area contributed by atoms with E-state index in [1.807, 2.05) is 25.1 Å². The van der Waals surface area contributed by atoms with Crippen LogP contribution in [0.15, 0.2) is 18.2 Å². The average Bonchev–Trinajstić information content (AvgIpc) is 2.17. The van der Waals surface area contributed by atoms with E-state index in [0.717, 1.165) is 24.1 Å². The van der Waals surface area contributed by atoms with E-state index < -0.39 is 0 Å². The Morgan fingerprint density at radius 2 is 2.06 bits per heavy atom. The largest absolute Gasteiger partial charge is 0.379 e. The topological polar surface area (TPSA) is 35.8 Å². The molecule has 0 aromatic heterocycles. The zero-order chi connectivity index (χ0) is 12.2. The lowest BCUT2D eigenvalue weighted by Crippen LogP contribution is -2.30. The molecule has 1 N–H and O–H groups in total. The highest BCUT2D eigenvalue weighted by Crippen LogP contribution is 2.23. The van der Waals surface area contributed by atoms with E-state index in [0.29, 0.717) is 0 Å². The Bertz CT molecular complexity index is 400. The molecule has 0 amide bonds. The van der Waals surface area contributed by atoms with Crippen LogP contribution < -0.4 is 5.32 Å². The number of aryl methyl sites for hydroxylation is 1. The van der Waals surface area contributed by atoms with E-state index in [9.17, 15) is 0 Å². The van der Waals surface area contributed by atoms with Crippen LogP contribution in [0.4, 0.5) is 5.69 Å². The smallest absolute Gasteiger partial charge is 0.101 e. The maximum Gasteiger partial charge on any atom is 0.101 e. The van der Waals surface area contributed by atoms with Gasteiger partial charge in [-0.2, -0.15) is 5.26 Å². The van der Waals surface area contributed by atoms with Crippen molar-refractivity contribution in [1.29, 1.82) is 5.26 Å². The number of anilines is 1. The van der Waals surface area contributed by atoms with Crippen molar-refractivity contribution < 1.29 is 0 Å². The maximum atomic E-state index is 9.05. The van der Waals surface area contributed by atoms with Crippen molar-refractivity contribution in [3.63, 3.8) is 0 Å². The molecule has 0 saturated carbocycles. The first kappa shape index (κ1) is 12.6. The molecule has 0 saturated heterocycles.